The molecule has 2 rings (SSSR count). The van der Waals surface area contributed by atoms with Crippen LogP contribution in [0.2, 0.25) is 0 Å². The molecular formula is C13H17IO. The molecule has 1 fully saturated rings. The second kappa shape index (κ2) is 5.30. The molecule has 0 aromatic heterocycles. The molecule has 1 aliphatic rings. The maximum Gasteiger partial charge on any atom is 0.0665 e. The van der Waals surface area contributed by atoms with Crippen molar-refractivity contribution >= 4 is 22.6 Å². The molecular weight excluding hydrogens is 299 g/mol. The van der Waals surface area contributed by atoms with E-state index in [-0.39, 0.29) is 0 Å². The molecule has 0 aliphatic carbocycles. The highest BCUT2D eigenvalue weighted by Gasteiger charge is 2.22. The van der Waals surface area contributed by atoms with Gasteiger partial charge in [0.2, 0.25) is 0 Å². The van der Waals surface area contributed by atoms with Crippen molar-refractivity contribution in [3.8, 4) is 0 Å². The molecule has 82 valence electrons. The Hall–Kier alpha value is -0.0900. The van der Waals surface area contributed by atoms with Crippen molar-refractivity contribution in [1.82, 2.24) is 0 Å². The number of benzene rings is 1. The lowest BCUT2D eigenvalue weighted by Crippen LogP contribution is -2.26. The molecule has 0 amide bonds. The van der Waals surface area contributed by atoms with Crippen molar-refractivity contribution in [2.24, 2.45) is 0 Å². The van der Waals surface area contributed by atoms with E-state index in [1.807, 2.05) is 0 Å². The molecule has 0 spiro atoms. The Balaban J connectivity index is 2.04. The SMILES string of the molecule is Cc1ccccc1[C@H]1CC[C@@H](CI)OC1. The first-order chi connectivity index (χ1) is 7.31. The van der Waals surface area contributed by atoms with Gasteiger partial charge in [-0.05, 0) is 30.9 Å². The van der Waals surface area contributed by atoms with Gasteiger partial charge in [-0.3, -0.25) is 0 Å². The van der Waals surface area contributed by atoms with E-state index in [0.717, 1.165) is 11.0 Å². The molecule has 0 bridgehead atoms. The molecule has 1 saturated heterocycles. The predicted octanol–water partition coefficient (Wildman–Crippen LogP) is 3.69. The first kappa shape index (κ1) is 11.4. The fourth-order valence-corrected chi connectivity index (χ4v) is 2.91. The third-order valence-corrected chi connectivity index (χ3v) is 4.15. The zero-order valence-electron chi connectivity index (χ0n) is 9.08. The molecule has 1 nitrogen and oxygen atoms in total. The van der Waals surface area contributed by atoms with Crippen LogP contribution in [0.3, 0.4) is 0 Å². The average molecular weight is 316 g/mol. The number of hydrogen-bond donors (Lipinski definition) is 0. The average Bonchev–Trinajstić information content (AvgIpc) is 2.30. The topological polar surface area (TPSA) is 9.23 Å². The monoisotopic (exact) mass is 316 g/mol. The van der Waals surface area contributed by atoms with Gasteiger partial charge in [0.15, 0.2) is 0 Å². The summed E-state index contributed by atoms with van der Waals surface area (Å²) in [7, 11) is 0. The number of rotatable bonds is 2. The Morgan fingerprint density at radius 3 is 2.73 bits per heavy atom. The zero-order valence-corrected chi connectivity index (χ0v) is 11.2. The van der Waals surface area contributed by atoms with Gasteiger partial charge in [-0.2, -0.15) is 0 Å². The number of hydrogen-bond acceptors (Lipinski definition) is 1. The fourth-order valence-electron chi connectivity index (χ4n) is 2.22. The lowest BCUT2D eigenvalue weighted by atomic mass is 9.89. The van der Waals surface area contributed by atoms with Crippen LogP contribution in [0.25, 0.3) is 0 Å². The van der Waals surface area contributed by atoms with Crippen LogP contribution in [0.15, 0.2) is 24.3 Å². The molecule has 1 aliphatic heterocycles. The van der Waals surface area contributed by atoms with Crippen LogP contribution in [-0.2, 0) is 4.74 Å². The largest absolute Gasteiger partial charge is 0.377 e. The van der Waals surface area contributed by atoms with E-state index in [1.54, 1.807) is 0 Å². The summed E-state index contributed by atoms with van der Waals surface area (Å²) in [6.07, 6.45) is 2.98. The van der Waals surface area contributed by atoms with Crippen LogP contribution in [-0.4, -0.2) is 17.1 Å². The molecule has 15 heavy (non-hydrogen) atoms. The molecule has 0 radical (unpaired) electrons. The Morgan fingerprint density at radius 1 is 1.33 bits per heavy atom. The maximum absolute atomic E-state index is 5.84. The summed E-state index contributed by atoms with van der Waals surface area (Å²) in [4.78, 5) is 0. The van der Waals surface area contributed by atoms with Crippen LogP contribution in [0.4, 0.5) is 0 Å². The molecule has 1 heterocycles. The van der Waals surface area contributed by atoms with Crippen molar-refractivity contribution in [2.45, 2.75) is 31.8 Å². The van der Waals surface area contributed by atoms with Crippen molar-refractivity contribution in [3.63, 3.8) is 0 Å². The quantitative estimate of drug-likeness (QED) is 0.597. The van der Waals surface area contributed by atoms with Gasteiger partial charge in [-0.15, -0.1) is 0 Å². The lowest BCUT2D eigenvalue weighted by Gasteiger charge is -2.29. The van der Waals surface area contributed by atoms with Gasteiger partial charge in [0, 0.05) is 10.3 Å². The Morgan fingerprint density at radius 2 is 2.13 bits per heavy atom. The van der Waals surface area contributed by atoms with Gasteiger partial charge in [0.25, 0.3) is 0 Å². The Kier molecular flexibility index (Phi) is 4.03. The summed E-state index contributed by atoms with van der Waals surface area (Å²) in [6, 6.07) is 8.68. The highest BCUT2D eigenvalue weighted by atomic mass is 127. The molecule has 0 saturated carbocycles. The number of alkyl halides is 1. The highest BCUT2D eigenvalue weighted by Crippen LogP contribution is 2.30. The fraction of sp³-hybridized carbons (Fsp3) is 0.538. The number of halogens is 1. The van der Waals surface area contributed by atoms with E-state index in [9.17, 15) is 0 Å². The molecule has 2 heteroatoms. The summed E-state index contributed by atoms with van der Waals surface area (Å²) in [5.41, 5.74) is 2.88. The van der Waals surface area contributed by atoms with Gasteiger partial charge >= 0.3 is 0 Å². The van der Waals surface area contributed by atoms with Crippen molar-refractivity contribution in [3.05, 3.63) is 35.4 Å². The van der Waals surface area contributed by atoms with E-state index >= 15 is 0 Å². The summed E-state index contributed by atoms with van der Waals surface area (Å²) in [6.45, 7) is 3.10. The molecule has 1 aromatic carbocycles. The number of aryl methyl sites for hydroxylation is 1. The summed E-state index contributed by atoms with van der Waals surface area (Å²) in [5, 5.41) is 0. The minimum Gasteiger partial charge on any atom is -0.377 e. The second-order valence-electron chi connectivity index (χ2n) is 4.24. The van der Waals surface area contributed by atoms with E-state index in [4.69, 9.17) is 4.74 Å². The third-order valence-electron chi connectivity index (χ3n) is 3.17. The van der Waals surface area contributed by atoms with E-state index in [0.29, 0.717) is 12.0 Å². The second-order valence-corrected chi connectivity index (χ2v) is 5.12. The highest BCUT2D eigenvalue weighted by molar-refractivity contribution is 14.1. The molecule has 0 unspecified atom stereocenters. The van der Waals surface area contributed by atoms with Gasteiger partial charge in [-0.1, -0.05) is 46.9 Å². The van der Waals surface area contributed by atoms with Crippen LogP contribution in [0.1, 0.15) is 29.9 Å². The Labute approximate surface area is 105 Å². The maximum atomic E-state index is 5.84. The molecule has 2 atom stereocenters. The van der Waals surface area contributed by atoms with E-state index in [1.165, 1.54) is 24.0 Å². The molecule has 0 N–H and O–H groups in total. The van der Waals surface area contributed by atoms with Gasteiger partial charge < -0.3 is 4.74 Å². The van der Waals surface area contributed by atoms with Gasteiger partial charge in [-0.25, -0.2) is 0 Å². The summed E-state index contributed by atoms with van der Waals surface area (Å²) in [5.74, 6) is 0.616. The summed E-state index contributed by atoms with van der Waals surface area (Å²) >= 11 is 2.41. The van der Waals surface area contributed by atoms with Crippen molar-refractivity contribution < 1.29 is 4.74 Å². The Bertz CT molecular complexity index is 316. The van der Waals surface area contributed by atoms with Crippen LogP contribution >= 0.6 is 22.6 Å². The predicted molar refractivity (Wildman–Crippen MR) is 71.8 cm³/mol. The van der Waals surface area contributed by atoms with Crippen molar-refractivity contribution in [2.75, 3.05) is 11.0 Å². The zero-order chi connectivity index (χ0) is 10.7. The minimum atomic E-state index is 0.492. The number of ether oxygens (including phenoxy) is 1. The summed E-state index contributed by atoms with van der Waals surface area (Å²) < 4.78 is 6.96. The standard InChI is InChI=1S/C13H17IO/c1-10-4-2-3-5-13(10)11-6-7-12(8-14)15-9-11/h2-5,11-12H,6-9H2,1H3/t11-,12-/m0/s1. The van der Waals surface area contributed by atoms with Crippen molar-refractivity contribution in [1.29, 1.82) is 0 Å². The van der Waals surface area contributed by atoms with E-state index < -0.39 is 0 Å². The smallest absolute Gasteiger partial charge is 0.0665 e. The van der Waals surface area contributed by atoms with E-state index in [2.05, 4.69) is 53.8 Å². The van der Waals surface area contributed by atoms with Gasteiger partial charge in [0.1, 0.15) is 0 Å². The lowest BCUT2D eigenvalue weighted by molar-refractivity contribution is 0.0199. The first-order valence-corrected chi connectivity index (χ1v) is 7.07. The normalized spacial score (nSPS) is 26.5. The third kappa shape index (κ3) is 2.72. The minimum absolute atomic E-state index is 0.492. The van der Waals surface area contributed by atoms with Gasteiger partial charge in [0.05, 0.1) is 12.7 Å². The van der Waals surface area contributed by atoms with Crippen LogP contribution < -0.4 is 0 Å². The van der Waals surface area contributed by atoms with Crippen LogP contribution in [0, 0.1) is 6.92 Å². The molecule has 1 aromatic rings. The van der Waals surface area contributed by atoms with Crippen LogP contribution in [0.5, 0.6) is 0 Å². The first-order valence-electron chi connectivity index (χ1n) is 5.54.